The number of hydrogen-bond donors (Lipinski definition) is 1. The molecule has 0 spiro atoms. The van der Waals surface area contributed by atoms with Gasteiger partial charge in [0.25, 0.3) is 0 Å². The second-order valence-electron chi connectivity index (χ2n) is 10.1. The van der Waals surface area contributed by atoms with Crippen molar-refractivity contribution in [3.05, 3.63) is 108 Å². The molecule has 0 aliphatic carbocycles. The maximum absolute atomic E-state index is 10.9. The topological polar surface area (TPSA) is 38.7 Å². The molecule has 0 aromatic heterocycles. The Labute approximate surface area is 200 Å². The Kier molecular flexibility index (Phi) is 8.30. The fourth-order valence-electron chi connectivity index (χ4n) is 3.74. The summed E-state index contributed by atoms with van der Waals surface area (Å²) < 4.78 is 13.0. The molecule has 0 radical (unpaired) electrons. The summed E-state index contributed by atoms with van der Waals surface area (Å²) in [4.78, 5) is 0. The van der Waals surface area contributed by atoms with Crippen molar-refractivity contribution in [1.82, 2.24) is 0 Å². The van der Waals surface area contributed by atoms with Gasteiger partial charge in [0.15, 0.2) is 8.32 Å². The smallest absolute Gasteiger partial charge is 0.191 e. The van der Waals surface area contributed by atoms with Crippen molar-refractivity contribution in [1.29, 1.82) is 0 Å². The fourth-order valence-corrected chi connectivity index (χ4v) is 4.80. The average molecular weight is 463 g/mol. The van der Waals surface area contributed by atoms with Crippen LogP contribution in [0, 0.1) is 0 Å². The molecular weight excluding hydrogens is 424 g/mol. The van der Waals surface area contributed by atoms with E-state index < -0.39 is 20.0 Å². The maximum Gasteiger partial charge on any atom is 0.191 e. The van der Waals surface area contributed by atoms with Gasteiger partial charge in [-0.1, -0.05) is 112 Å². The summed E-state index contributed by atoms with van der Waals surface area (Å²) in [7, 11) is -1.84. The van der Waals surface area contributed by atoms with Crippen molar-refractivity contribution in [2.24, 2.45) is 0 Å². The molecule has 0 saturated carbocycles. The van der Waals surface area contributed by atoms with E-state index >= 15 is 0 Å². The first-order valence-corrected chi connectivity index (χ1v) is 14.7. The normalized spacial score (nSPS) is 13.6. The molecule has 176 valence electrons. The molecule has 3 aromatic rings. The van der Waals surface area contributed by atoms with Crippen molar-refractivity contribution in [3.63, 3.8) is 0 Å². The van der Waals surface area contributed by atoms with Crippen LogP contribution in [0.1, 0.15) is 43.9 Å². The minimum Gasteiger partial charge on any atom is -0.417 e. The van der Waals surface area contributed by atoms with Gasteiger partial charge >= 0.3 is 0 Å². The van der Waals surface area contributed by atoms with E-state index in [9.17, 15) is 5.11 Å². The van der Waals surface area contributed by atoms with Crippen LogP contribution < -0.4 is 0 Å². The second-order valence-corrected chi connectivity index (χ2v) is 15.0. The molecule has 1 atom stereocenters. The highest BCUT2D eigenvalue weighted by molar-refractivity contribution is 6.74. The van der Waals surface area contributed by atoms with E-state index in [0.717, 1.165) is 16.7 Å². The highest BCUT2D eigenvalue weighted by atomic mass is 28.4. The zero-order valence-corrected chi connectivity index (χ0v) is 21.6. The third kappa shape index (κ3) is 6.01. The number of ether oxygens (including phenoxy) is 1. The SMILES string of the molecule is CC(C)(C)[Si](C)(C)OCCC(O)COC(c1ccccc1)(c1ccccc1)c1ccccc1. The van der Waals surface area contributed by atoms with Crippen molar-refractivity contribution in [3.8, 4) is 0 Å². The lowest BCUT2D eigenvalue weighted by Gasteiger charge is -2.37. The van der Waals surface area contributed by atoms with Gasteiger partial charge in [-0.25, -0.2) is 0 Å². The van der Waals surface area contributed by atoms with Gasteiger partial charge in [0.1, 0.15) is 5.60 Å². The molecule has 0 saturated heterocycles. The Bertz CT molecular complexity index is 869. The molecule has 1 N–H and O–H groups in total. The molecule has 33 heavy (non-hydrogen) atoms. The fraction of sp³-hybridized carbons (Fsp3) is 0.379. The summed E-state index contributed by atoms with van der Waals surface area (Å²) in [6.45, 7) is 11.9. The van der Waals surface area contributed by atoms with E-state index in [2.05, 4.69) is 70.3 Å². The van der Waals surface area contributed by atoms with Gasteiger partial charge in [-0.05, 0) is 41.2 Å². The zero-order valence-electron chi connectivity index (χ0n) is 20.6. The van der Waals surface area contributed by atoms with Crippen LogP contribution in [0.15, 0.2) is 91.0 Å². The molecule has 4 heteroatoms. The lowest BCUT2D eigenvalue weighted by atomic mass is 9.80. The van der Waals surface area contributed by atoms with Gasteiger partial charge in [-0.15, -0.1) is 0 Å². The monoisotopic (exact) mass is 462 g/mol. The Morgan fingerprint density at radius 2 is 1.12 bits per heavy atom. The van der Waals surface area contributed by atoms with Crippen LogP contribution >= 0.6 is 0 Å². The minimum atomic E-state index is -1.84. The van der Waals surface area contributed by atoms with E-state index in [1.807, 2.05) is 54.6 Å². The predicted molar refractivity (Wildman–Crippen MR) is 139 cm³/mol. The van der Waals surface area contributed by atoms with E-state index in [1.54, 1.807) is 0 Å². The Morgan fingerprint density at radius 3 is 1.48 bits per heavy atom. The van der Waals surface area contributed by atoms with Gasteiger partial charge in [0.05, 0.1) is 12.7 Å². The van der Waals surface area contributed by atoms with Crippen LogP contribution in [-0.4, -0.2) is 32.7 Å². The van der Waals surface area contributed by atoms with Crippen LogP contribution in [0.5, 0.6) is 0 Å². The summed E-state index contributed by atoms with van der Waals surface area (Å²) in [5.41, 5.74) is 2.29. The van der Waals surface area contributed by atoms with Gasteiger partial charge in [0.2, 0.25) is 0 Å². The molecule has 0 amide bonds. The van der Waals surface area contributed by atoms with Gasteiger partial charge in [-0.3, -0.25) is 0 Å². The molecule has 0 bridgehead atoms. The zero-order chi connectivity index (χ0) is 24.0. The third-order valence-electron chi connectivity index (χ3n) is 6.75. The first kappa shape index (κ1) is 25.4. The summed E-state index contributed by atoms with van der Waals surface area (Å²) in [6.07, 6.45) is -0.0775. The standard InChI is InChI=1S/C29H38O3Si/c1-28(2,3)33(4,5)32-22-21-27(30)23-31-29(24-15-9-6-10-16-24,25-17-11-7-12-18-25)26-19-13-8-14-20-26/h6-20,27,30H,21-23H2,1-5H3. The number of aliphatic hydroxyl groups excluding tert-OH is 1. The molecule has 3 rings (SSSR count). The first-order valence-electron chi connectivity index (χ1n) is 11.8. The van der Waals surface area contributed by atoms with E-state index in [-0.39, 0.29) is 11.6 Å². The summed E-state index contributed by atoms with van der Waals surface area (Å²) in [6, 6.07) is 30.8. The van der Waals surface area contributed by atoms with Crippen molar-refractivity contribution in [2.75, 3.05) is 13.2 Å². The predicted octanol–water partition coefficient (Wildman–Crippen LogP) is 6.77. The van der Waals surface area contributed by atoms with Crippen LogP contribution in [0.2, 0.25) is 18.1 Å². The molecule has 3 nitrogen and oxygen atoms in total. The third-order valence-corrected chi connectivity index (χ3v) is 11.3. The van der Waals surface area contributed by atoms with Crippen molar-refractivity contribution in [2.45, 2.75) is 57.0 Å². The summed E-state index contributed by atoms with van der Waals surface area (Å²) >= 11 is 0. The minimum absolute atomic E-state index is 0.150. The average Bonchev–Trinajstić information content (AvgIpc) is 2.81. The van der Waals surface area contributed by atoms with Gasteiger partial charge in [0, 0.05) is 6.61 Å². The molecule has 0 fully saturated rings. The second kappa shape index (κ2) is 10.8. The Balaban J connectivity index is 1.85. The Hall–Kier alpha value is -2.24. The molecule has 0 heterocycles. The van der Waals surface area contributed by atoms with Crippen LogP contribution in [0.3, 0.4) is 0 Å². The summed E-state index contributed by atoms with van der Waals surface area (Å²) in [5, 5.41) is 11.0. The quantitative estimate of drug-likeness (QED) is 0.267. The first-order chi connectivity index (χ1) is 15.7. The van der Waals surface area contributed by atoms with E-state index in [4.69, 9.17) is 9.16 Å². The molecule has 3 aromatic carbocycles. The molecular formula is C29H38O3Si. The van der Waals surface area contributed by atoms with Crippen LogP contribution in [0.25, 0.3) is 0 Å². The van der Waals surface area contributed by atoms with Crippen molar-refractivity contribution < 1.29 is 14.3 Å². The van der Waals surface area contributed by atoms with E-state index in [0.29, 0.717) is 13.0 Å². The largest absolute Gasteiger partial charge is 0.417 e. The molecule has 0 aliphatic rings. The van der Waals surface area contributed by atoms with Gasteiger partial charge < -0.3 is 14.3 Å². The molecule has 0 aliphatic heterocycles. The Morgan fingerprint density at radius 1 is 0.727 bits per heavy atom. The van der Waals surface area contributed by atoms with Crippen LogP contribution in [0.4, 0.5) is 0 Å². The van der Waals surface area contributed by atoms with Crippen LogP contribution in [-0.2, 0) is 14.8 Å². The number of rotatable bonds is 10. The lowest BCUT2D eigenvalue weighted by molar-refractivity contribution is -0.0430. The van der Waals surface area contributed by atoms with Gasteiger partial charge in [-0.2, -0.15) is 0 Å². The number of hydrogen-bond acceptors (Lipinski definition) is 3. The lowest BCUT2D eigenvalue weighted by Crippen LogP contribution is -2.41. The number of aliphatic hydroxyl groups is 1. The summed E-state index contributed by atoms with van der Waals surface area (Å²) in [5.74, 6) is 0. The van der Waals surface area contributed by atoms with E-state index in [1.165, 1.54) is 0 Å². The maximum atomic E-state index is 10.9. The highest BCUT2D eigenvalue weighted by Gasteiger charge is 2.39. The molecule has 1 unspecified atom stereocenters. The number of benzene rings is 3. The van der Waals surface area contributed by atoms with Crippen molar-refractivity contribution >= 4 is 8.32 Å². The highest BCUT2D eigenvalue weighted by Crippen LogP contribution is 2.40.